The first-order valence-corrected chi connectivity index (χ1v) is 9.57. The van der Waals surface area contributed by atoms with Gasteiger partial charge >= 0.3 is 0 Å². The number of aromatic nitrogens is 2. The van der Waals surface area contributed by atoms with Gasteiger partial charge in [0.2, 0.25) is 0 Å². The molecule has 0 radical (unpaired) electrons. The van der Waals surface area contributed by atoms with Gasteiger partial charge in [-0.15, -0.1) is 0 Å². The van der Waals surface area contributed by atoms with Crippen molar-refractivity contribution in [1.82, 2.24) is 19.8 Å². The molecule has 2 aliphatic rings. The Bertz CT molecular complexity index is 848. The largest absolute Gasteiger partial charge is 0.369 e. The fourth-order valence-corrected chi connectivity index (χ4v) is 4.14. The molecule has 2 aromatic heterocycles. The normalized spacial score (nSPS) is 22.9. The highest BCUT2D eigenvalue weighted by Crippen LogP contribution is 2.40. The van der Waals surface area contributed by atoms with Crippen molar-refractivity contribution in [3.05, 3.63) is 59.7 Å². The Morgan fingerprint density at radius 1 is 1.14 bits per heavy atom. The van der Waals surface area contributed by atoms with Crippen LogP contribution in [-0.4, -0.2) is 63.9 Å². The maximum Gasteiger partial charge on any atom is 0.255 e. The third kappa shape index (κ3) is 3.26. The summed E-state index contributed by atoms with van der Waals surface area (Å²) in [5.41, 5.74) is 2.53. The van der Waals surface area contributed by atoms with Crippen LogP contribution in [0.4, 0.5) is 0 Å². The number of amides is 2. The standard InChI is InChI=1S/C21H24N4O3/c1-14-3-4-16(13-23-14)20(26)24-11-7-17(8-12-24)25-18(19(28-2)21(25)27)15-5-9-22-10-6-15/h3-6,9-10,13,17-19H,7-8,11-12H2,1-2H3/t18-,19+/m0/s1. The lowest BCUT2D eigenvalue weighted by molar-refractivity contribution is -0.178. The van der Waals surface area contributed by atoms with Crippen LogP contribution in [0.2, 0.25) is 0 Å². The number of ether oxygens (including phenoxy) is 1. The summed E-state index contributed by atoms with van der Waals surface area (Å²) < 4.78 is 5.43. The average Bonchev–Trinajstić information content (AvgIpc) is 2.73. The van der Waals surface area contributed by atoms with Crippen molar-refractivity contribution in [2.45, 2.75) is 38.0 Å². The molecule has 4 heterocycles. The third-order valence-corrected chi connectivity index (χ3v) is 5.69. The minimum absolute atomic E-state index is 0.00124. The predicted molar refractivity (Wildman–Crippen MR) is 103 cm³/mol. The van der Waals surface area contributed by atoms with Crippen molar-refractivity contribution in [3.63, 3.8) is 0 Å². The Morgan fingerprint density at radius 2 is 1.86 bits per heavy atom. The average molecular weight is 380 g/mol. The van der Waals surface area contributed by atoms with Crippen LogP contribution in [0.3, 0.4) is 0 Å². The monoisotopic (exact) mass is 380 g/mol. The van der Waals surface area contributed by atoms with E-state index >= 15 is 0 Å². The van der Waals surface area contributed by atoms with Gasteiger partial charge in [-0.3, -0.25) is 19.6 Å². The molecule has 146 valence electrons. The van der Waals surface area contributed by atoms with Crippen molar-refractivity contribution in [2.24, 2.45) is 0 Å². The number of pyridine rings is 2. The molecule has 7 nitrogen and oxygen atoms in total. The van der Waals surface area contributed by atoms with E-state index < -0.39 is 6.10 Å². The lowest BCUT2D eigenvalue weighted by Crippen LogP contribution is -2.64. The van der Waals surface area contributed by atoms with E-state index in [1.807, 2.05) is 41.0 Å². The lowest BCUT2D eigenvalue weighted by atomic mass is 9.86. The number of likely N-dealkylation sites (tertiary alicyclic amines) is 2. The first-order chi connectivity index (χ1) is 13.6. The third-order valence-electron chi connectivity index (χ3n) is 5.69. The zero-order chi connectivity index (χ0) is 19.7. The maximum atomic E-state index is 12.7. The van der Waals surface area contributed by atoms with Crippen LogP contribution < -0.4 is 0 Å². The molecule has 4 rings (SSSR count). The summed E-state index contributed by atoms with van der Waals surface area (Å²) in [6.45, 7) is 3.15. The lowest BCUT2D eigenvalue weighted by Gasteiger charge is -2.52. The van der Waals surface area contributed by atoms with Crippen molar-refractivity contribution < 1.29 is 14.3 Å². The van der Waals surface area contributed by atoms with Gasteiger partial charge in [0.05, 0.1) is 11.6 Å². The van der Waals surface area contributed by atoms with E-state index in [9.17, 15) is 9.59 Å². The molecule has 28 heavy (non-hydrogen) atoms. The molecule has 2 aromatic rings. The van der Waals surface area contributed by atoms with Gasteiger partial charge in [-0.25, -0.2) is 0 Å². The Hall–Kier alpha value is -2.80. The van der Waals surface area contributed by atoms with E-state index in [1.54, 1.807) is 25.7 Å². The topological polar surface area (TPSA) is 75.6 Å². The minimum Gasteiger partial charge on any atom is -0.369 e. The molecule has 2 fully saturated rings. The number of carbonyl (C=O) groups excluding carboxylic acids is 2. The van der Waals surface area contributed by atoms with Gasteiger partial charge in [-0.05, 0) is 49.6 Å². The highest BCUT2D eigenvalue weighted by Gasteiger charge is 2.51. The summed E-state index contributed by atoms with van der Waals surface area (Å²) in [6, 6.07) is 7.55. The number of rotatable bonds is 4. The quantitative estimate of drug-likeness (QED) is 0.759. The molecular weight excluding hydrogens is 356 g/mol. The molecule has 0 aromatic carbocycles. The molecule has 0 bridgehead atoms. The SMILES string of the molecule is CO[C@H]1C(=O)N(C2CCN(C(=O)c3ccc(C)nc3)CC2)[C@H]1c1ccncc1. The predicted octanol–water partition coefficient (Wildman–Crippen LogP) is 1.99. The van der Waals surface area contributed by atoms with Crippen molar-refractivity contribution in [3.8, 4) is 0 Å². The Balaban J connectivity index is 1.43. The van der Waals surface area contributed by atoms with E-state index in [4.69, 9.17) is 4.74 Å². The van der Waals surface area contributed by atoms with Crippen LogP contribution in [-0.2, 0) is 9.53 Å². The second-order valence-corrected chi connectivity index (χ2v) is 7.34. The molecule has 0 N–H and O–H groups in total. The number of methoxy groups -OCH3 is 1. The molecule has 7 heteroatoms. The fraction of sp³-hybridized carbons (Fsp3) is 0.429. The zero-order valence-electron chi connectivity index (χ0n) is 16.1. The first-order valence-electron chi connectivity index (χ1n) is 9.57. The summed E-state index contributed by atoms with van der Waals surface area (Å²) in [6.07, 6.45) is 6.18. The molecule has 2 amide bonds. The minimum atomic E-state index is -0.444. The van der Waals surface area contributed by atoms with Gasteiger partial charge in [-0.1, -0.05) is 0 Å². The second-order valence-electron chi connectivity index (χ2n) is 7.34. The Labute approximate surface area is 164 Å². The molecule has 2 atom stereocenters. The smallest absolute Gasteiger partial charge is 0.255 e. The highest BCUT2D eigenvalue weighted by atomic mass is 16.5. The summed E-state index contributed by atoms with van der Waals surface area (Å²) in [5, 5.41) is 0. The first kappa shape index (κ1) is 18.6. The highest BCUT2D eigenvalue weighted by molar-refractivity contribution is 5.94. The van der Waals surface area contributed by atoms with Crippen LogP contribution in [0.5, 0.6) is 0 Å². The van der Waals surface area contributed by atoms with E-state index in [2.05, 4.69) is 9.97 Å². The molecule has 0 spiro atoms. The Morgan fingerprint density at radius 3 is 2.46 bits per heavy atom. The van der Waals surface area contributed by atoms with E-state index in [-0.39, 0.29) is 23.9 Å². The van der Waals surface area contributed by atoms with Crippen LogP contribution in [0.15, 0.2) is 42.9 Å². The van der Waals surface area contributed by atoms with E-state index in [0.29, 0.717) is 18.7 Å². The zero-order valence-corrected chi connectivity index (χ0v) is 16.1. The number of aryl methyl sites for hydroxylation is 1. The molecule has 0 aliphatic carbocycles. The van der Waals surface area contributed by atoms with Crippen LogP contribution in [0.25, 0.3) is 0 Å². The van der Waals surface area contributed by atoms with Crippen molar-refractivity contribution in [1.29, 1.82) is 0 Å². The second kappa shape index (κ2) is 7.67. The molecular formula is C21H24N4O3. The molecule has 0 saturated carbocycles. The van der Waals surface area contributed by atoms with Gasteiger partial charge in [0.25, 0.3) is 11.8 Å². The van der Waals surface area contributed by atoms with Crippen LogP contribution in [0, 0.1) is 6.92 Å². The van der Waals surface area contributed by atoms with Gasteiger partial charge in [-0.2, -0.15) is 0 Å². The maximum absolute atomic E-state index is 12.7. The van der Waals surface area contributed by atoms with Gasteiger partial charge < -0.3 is 14.5 Å². The van der Waals surface area contributed by atoms with Crippen molar-refractivity contribution >= 4 is 11.8 Å². The van der Waals surface area contributed by atoms with Crippen LogP contribution >= 0.6 is 0 Å². The van der Waals surface area contributed by atoms with Crippen molar-refractivity contribution in [2.75, 3.05) is 20.2 Å². The van der Waals surface area contributed by atoms with Crippen LogP contribution in [0.1, 0.15) is 40.5 Å². The number of nitrogens with zero attached hydrogens (tertiary/aromatic N) is 4. The molecule has 2 saturated heterocycles. The summed E-state index contributed by atoms with van der Waals surface area (Å²) in [4.78, 5) is 37.4. The van der Waals surface area contributed by atoms with Gasteiger partial charge in [0.15, 0.2) is 6.10 Å². The van der Waals surface area contributed by atoms with Gasteiger partial charge in [0, 0.05) is 50.5 Å². The number of carbonyl (C=O) groups is 2. The molecule has 0 unspecified atom stereocenters. The van der Waals surface area contributed by atoms with Gasteiger partial charge in [0.1, 0.15) is 0 Å². The number of β-lactam (4-membered cyclic amide) rings is 1. The number of hydrogen-bond donors (Lipinski definition) is 0. The summed E-state index contributed by atoms with van der Waals surface area (Å²) >= 11 is 0. The Kier molecular flexibility index (Phi) is 5.09. The molecule has 2 aliphatic heterocycles. The summed E-state index contributed by atoms with van der Waals surface area (Å²) in [7, 11) is 1.57. The number of piperidine rings is 1. The van der Waals surface area contributed by atoms with E-state index in [1.165, 1.54) is 0 Å². The van der Waals surface area contributed by atoms with E-state index in [0.717, 1.165) is 24.1 Å². The fourth-order valence-electron chi connectivity index (χ4n) is 4.14. The number of hydrogen-bond acceptors (Lipinski definition) is 5. The summed E-state index contributed by atoms with van der Waals surface area (Å²) in [5.74, 6) is 0.0261.